The monoisotopic (exact) mass is 378 g/mol. The first kappa shape index (κ1) is 18.4. The number of pyridine rings is 1. The van der Waals surface area contributed by atoms with Gasteiger partial charge in [0.25, 0.3) is 0 Å². The van der Waals surface area contributed by atoms with E-state index in [1.807, 2.05) is 66.4 Å². The first-order chi connectivity index (χ1) is 13.6. The number of amides is 1. The second-order valence-corrected chi connectivity index (χ2v) is 7.43. The summed E-state index contributed by atoms with van der Waals surface area (Å²) in [6, 6.07) is 3.85. The van der Waals surface area contributed by atoms with Crippen LogP contribution in [0.15, 0.2) is 49.3 Å². The summed E-state index contributed by atoms with van der Waals surface area (Å²) in [5, 5.41) is 0. The number of carbonyl (C=O) groups excluding carboxylic acids is 1. The molecule has 1 fully saturated rings. The molecule has 3 aromatic rings. The van der Waals surface area contributed by atoms with E-state index in [-0.39, 0.29) is 11.9 Å². The van der Waals surface area contributed by atoms with E-state index in [9.17, 15) is 4.79 Å². The fraction of sp³-hybridized carbons (Fsp3) is 0.429. The minimum absolute atomic E-state index is 0.166. The average molecular weight is 378 g/mol. The van der Waals surface area contributed by atoms with Crippen LogP contribution < -0.4 is 0 Å². The van der Waals surface area contributed by atoms with Gasteiger partial charge in [-0.15, -0.1) is 0 Å². The van der Waals surface area contributed by atoms with Gasteiger partial charge in [0.1, 0.15) is 17.7 Å². The highest BCUT2D eigenvalue weighted by Gasteiger charge is 2.29. The van der Waals surface area contributed by atoms with Crippen molar-refractivity contribution in [3.63, 3.8) is 0 Å². The van der Waals surface area contributed by atoms with Crippen LogP contribution in [0.5, 0.6) is 0 Å². The molecule has 1 aliphatic rings. The third-order valence-corrected chi connectivity index (χ3v) is 5.66. The van der Waals surface area contributed by atoms with Gasteiger partial charge in [-0.25, -0.2) is 9.97 Å². The maximum absolute atomic E-state index is 12.9. The van der Waals surface area contributed by atoms with Crippen molar-refractivity contribution in [2.24, 2.45) is 0 Å². The van der Waals surface area contributed by atoms with Crippen molar-refractivity contribution in [2.45, 2.75) is 45.2 Å². The zero-order chi connectivity index (χ0) is 19.5. The Kier molecular flexibility index (Phi) is 5.23. The van der Waals surface area contributed by atoms with Gasteiger partial charge >= 0.3 is 0 Å². The summed E-state index contributed by atoms with van der Waals surface area (Å²) in [4.78, 5) is 27.8. The Labute approximate surface area is 165 Å². The number of rotatable bonds is 5. The van der Waals surface area contributed by atoms with Crippen LogP contribution in [0.3, 0.4) is 0 Å². The number of aromatic nitrogens is 5. The zero-order valence-electron chi connectivity index (χ0n) is 16.4. The van der Waals surface area contributed by atoms with Gasteiger partial charge in [-0.3, -0.25) is 9.78 Å². The van der Waals surface area contributed by atoms with E-state index in [1.165, 1.54) is 5.56 Å². The first-order valence-corrected chi connectivity index (χ1v) is 9.81. The summed E-state index contributed by atoms with van der Waals surface area (Å²) >= 11 is 0. The van der Waals surface area contributed by atoms with Crippen molar-refractivity contribution < 1.29 is 4.79 Å². The van der Waals surface area contributed by atoms with Crippen LogP contribution in [-0.2, 0) is 11.3 Å². The minimum Gasteiger partial charge on any atom is -0.341 e. The smallest absolute Gasteiger partial charge is 0.245 e. The molecule has 4 rings (SSSR count). The van der Waals surface area contributed by atoms with Crippen molar-refractivity contribution in [3.8, 4) is 0 Å². The molecule has 1 saturated heterocycles. The third kappa shape index (κ3) is 3.69. The molecule has 0 N–H and O–H groups in total. The number of aryl methyl sites for hydroxylation is 1. The van der Waals surface area contributed by atoms with Crippen molar-refractivity contribution in [2.75, 3.05) is 13.1 Å². The molecule has 0 bridgehead atoms. The number of hydrogen-bond donors (Lipinski definition) is 0. The van der Waals surface area contributed by atoms with E-state index < -0.39 is 0 Å². The lowest BCUT2D eigenvalue weighted by Gasteiger charge is -2.34. The second kappa shape index (κ2) is 7.96. The van der Waals surface area contributed by atoms with E-state index >= 15 is 0 Å². The molecule has 3 aromatic heterocycles. The normalized spacial score (nSPS) is 16.3. The van der Waals surface area contributed by atoms with E-state index in [1.54, 1.807) is 6.20 Å². The molecular formula is C21H26N6O. The van der Waals surface area contributed by atoms with Crippen molar-refractivity contribution in [3.05, 3.63) is 66.5 Å². The minimum atomic E-state index is -0.215. The van der Waals surface area contributed by atoms with Crippen molar-refractivity contribution in [1.82, 2.24) is 29.0 Å². The zero-order valence-corrected chi connectivity index (χ0v) is 16.4. The van der Waals surface area contributed by atoms with Crippen molar-refractivity contribution in [1.29, 1.82) is 0 Å². The van der Waals surface area contributed by atoms with Crippen LogP contribution in [0.4, 0.5) is 0 Å². The number of likely N-dealkylation sites (tertiary alicyclic amines) is 1. The van der Waals surface area contributed by atoms with Crippen molar-refractivity contribution >= 4 is 5.91 Å². The van der Waals surface area contributed by atoms with E-state index in [0.29, 0.717) is 5.92 Å². The standard InChI is InChI=1S/C21H26N6O/c1-16(27-14-10-23-17(27)2)21(28)25-11-5-19(6-12-25)20-24-9-13-26(20)15-18-3-7-22-8-4-18/h3-4,7-10,13-14,16,19H,5-6,11-12,15H2,1-2H3/t16-/m0/s1. The summed E-state index contributed by atoms with van der Waals surface area (Å²) < 4.78 is 4.16. The largest absolute Gasteiger partial charge is 0.341 e. The molecule has 0 spiro atoms. The van der Waals surface area contributed by atoms with E-state index in [2.05, 4.69) is 19.5 Å². The molecular weight excluding hydrogens is 352 g/mol. The molecule has 28 heavy (non-hydrogen) atoms. The summed E-state index contributed by atoms with van der Waals surface area (Å²) in [6.07, 6.45) is 13.0. The number of imidazole rings is 2. The molecule has 1 amide bonds. The van der Waals surface area contributed by atoms with Crippen LogP contribution in [0.25, 0.3) is 0 Å². The molecule has 1 atom stereocenters. The molecule has 0 unspecified atom stereocenters. The summed E-state index contributed by atoms with van der Waals surface area (Å²) in [6.45, 7) is 6.21. The van der Waals surface area contributed by atoms with Gasteiger partial charge < -0.3 is 14.0 Å². The van der Waals surface area contributed by atoms with Gasteiger partial charge in [0.15, 0.2) is 0 Å². The van der Waals surface area contributed by atoms with Gasteiger partial charge in [-0.05, 0) is 44.4 Å². The number of hydrogen-bond acceptors (Lipinski definition) is 4. The Morgan fingerprint density at radius 3 is 2.50 bits per heavy atom. The van der Waals surface area contributed by atoms with Gasteiger partial charge in [-0.2, -0.15) is 0 Å². The predicted molar refractivity (Wildman–Crippen MR) is 106 cm³/mol. The Balaban J connectivity index is 1.39. The van der Waals surface area contributed by atoms with Gasteiger partial charge in [0.05, 0.1) is 0 Å². The maximum Gasteiger partial charge on any atom is 0.245 e. The highest BCUT2D eigenvalue weighted by atomic mass is 16.2. The fourth-order valence-corrected chi connectivity index (χ4v) is 4.04. The Morgan fingerprint density at radius 2 is 1.82 bits per heavy atom. The molecule has 0 saturated carbocycles. The van der Waals surface area contributed by atoms with E-state index in [4.69, 9.17) is 0 Å². The fourth-order valence-electron chi connectivity index (χ4n) is 4.04. The van der Waals surface area contributed by atoms with E-state index in [0.717, 1.165) is 44.1 Å². The highest BCUT2D eigenvalue weighted by molar-refractivity contribution is 5.80. The highest BCUT2D eigenvalue weighted by Crippen LogP contribution is 2.28. The quantitative estimate of drug-likeness (QED) is 0.685. The molecule has 0 radical (unpaired) electrons. The van der Waals surface area contributed by atoms with Gasteiger partial charge in [0.2, 0.25) is 5.91 Å². The van der Waals surface area contributed by atoms with Crippen LogP contribution >= 0.6 is 0 Å². The lowest BCUT2D eigenvalue weighted by molar-refractivity contribution is -0.135. The number of carbonyl (C=O) groups is 1. The molecule has 0 aliphatic carbocycles. The molecule has 0 aromatic carbocycles. The Morgan fingerprint density at radius 1 is 1.11 bits per heavy atom. The topological polar surface area (TPSA) is 68.8 Å². The molecule has 4 heterocycles. The van der Waals surface area contributed by atoms with Gasteiger partial charge in [0, 0.05) is 62.7 Å². The lowest BCUT2D eigenvalue weighted by Crippen LogP contribution is -2.41. The van der Waals surface area contributed by atoms with Crippen LogP contribution in [-0.4, -0.2) is 48.0 Å². The van der Waals surface area contributed by atoms with Gasteiger partial charge in [-0.1, -0.05) is 0 Å². The molecule has 7 heteroatoms. The molecule has 1 aliphatic heterocycles. The molecule has 146 valence electrons. The summed E-state index contributed by atoms with van der Waals surface area (Å²) in [7, 11) is 0. The predicted octanol–water partition coefficient (Wildman–Crippen LogP) is 2.80. The Hall–Kier alpha value is -2.96. The summed E-state index contributed by atoms with van der Waals surface area (Å²) in [5.74, 6) is 2.53. The average Bonchev–Trinajstić information content (AvgIpc) is 3.37. The van der Waals surface area contributed by atoms with Crippen LogP contribution in [0, 0.1) is 6.92 Å². The van der Waals surface area contributed by atoms with Crippen LogP contribution in [0.2, 0.25) is 0 Å². The summed E-state index contributed by atoms with van der Waals surface area (Å²) in [5.41, 5.74) is 1.21. The first-order valence-electron chi connectivity index (χ1n) is 9.81. The maximum atomic E-state index is 12.9. The second-order valence-electron chi connectivity index (χ2n) is 7.43. The molecule has 7 nitrogen and oxygen atoms in total. The Bertz CT molecular complexity index is 923. The lowest BCUT2D eigenvalue weighted by atomic mass is 9.95. The van der Waals surface area contributed by atoms with Crippen LogP contribution in [0.1, 0.15) is 48.9 Å². The third-order valence-electron chi connectivity index (χ3n) is 5.66. The number of piperidine rings is 1. The number of nitrogens with zero attached hydrogens (tertiary/aromatic N) is 6. The SMILES string of the molecule is Cc1nccn1[C@@H](C)C(=O)N1CCC(c2nccn2Cc2ccncc2)CC1.